The molecule has 1 amide bonds. The van der Waals surface area contributed by atoms with Crippen molar-refractivity contribution >= 4 is 5.91 Å². The van der Waals surface area contributed by atoms with E-state index in [2.05, 4.69) is 10.2 Å². The Hall–Kier alpha value is -2.84. The number of nitrogens with zero attached hydrogens (tertiary/aromatic N) is 1. The lowest BCUT2D eigenvalue weighted by Gasteiger charge is -2.35. The number of rotatable bonds is 10. The van der Waals surface area contributed by atoms with Crippen LogP contribution in [0.15, 0.2) is 36.4 Å². The first-order valence-electron chi connectivity index (χ1n) is 10.7. The highest BCUT2D eigenvalue weighted by atomic mass is 19.1. The van der Waals surface area contributed by atoms with Crippen LogP contribution in [0.5, 0.6) is 17.2 Å². The average Bonchev–Trinajstić information content (AvgIpc) is 2.83. The zero-order valence-electron chi connectivity index (χ0n) is 18.9. The summed E-state index contributed by atoms with van der Waals surface area (Å²) in [5, 5.41) is 3.04. The van der Waals surface area contributed by atoms with Crippen LogP contribution in [0.2, 0.25) is 0 Å². The first kappa shape index (κ1) is 23.8. The van der Waals surface area contributed by atoms with Crippen molar-refractivity contribution in [3.63, 3.8) is 0 Å². The Labute approximate surface area is 188 Å². The zero-order chi connectivity index (χ0) is 22.9. The van der Waals surface area contributed by atoms with Gasteiger partial charge in [0.05, 0.1) is 40.6 Å². The van der Waals surface area contributed by atoms with Gasteiger partial charge in [-0.2, -0.15) is 0 Å². The minimum absolute atomic E-state index is 0.0374. The van der Waals surface area contributed by atoms with Gasteiger partial charge >= 0.3 is 0 Å². The number of hydrogen-bond donors (Lipinski definition) is 1. The molecule has 7 nitrogen and oxygen atoms in total. The summed E-state index contributed by atoms with van der Waals surface area (Å²) < 4.78 is 35.0. The molecule has 8 heteroatoms. The number of carbonyl (C=O) groups excluding carboxylic acids is 1. The van der Waals surface area contributed by atoms with Crippen LogP contribution in [-0.2, 0) is 16.0 Å². The molecule has 1 aliphatic heterocycles. The fourth-order valence-electron chi connectivity index (χ4n) is 3.87. The van der Waals surface area contributed by atoms with Gasteiger partial charge in [0.1, 0.15) is 5.82 Å². The lowest BCUT2D eigenvalue weighted by atomic mass is 10.0. The number of aryl methyl sites for hydroxylation is 1. The van der Waals surface area contributed by atoms with Crippen molar-refractivity contribution in [3.05, 3.63) is 53.3 Å². The van der Waals surface area contributed by atoms with Gasteiger partial charge < -0.3 is 24.3 Å². The van der Waals surface area contributed by atoms with E-state index in [1.54, 1.807) is 33.5 Å². The van der Waals surface area contributed by atoms with E-state index in [4.69, 9.17) is 18.9 Å². The minimum atomic E-state index is -0.274. The molecule has 174 valence electrons. The van der Waals surface area contributed by atoms with Crippen molar-refractivity contribution in [1.82, 2.24) is 10.2 Å². The van der Waals surface area contributed by atoms with E-state index in [1.165, 1.54) is 12.1 Å². The molecule has 1 unspecified atom stereocenters. The average molecular weight is 447 g/mol. The van der Waals surface area contributed by atoms with Crippen molar-refractivity contribution in [1.29, 1.82) is 0 Å². The van der Waals surface area contributed by atoms with Gasteiger partial charge in [-0.1, -0.05) is 12.1 Å². The monoisotopic (exact) mass is 446 g/mol. The Morgan fingerprint density at radius 3 is 2.25 bits per heavy atom. The number of carbonyl (C=O) groups is 1. The van der Waals surface area contributed by atoms with Crippen LogP contribution in [0.4, 0.5) is 4.39 Å². The van der Waals surface area contributed by atoms with E-state index in [-0.39, 0.29) is 17.8 Å². The highest BCUT2D eigenvalue weighted by Crippen LogP contribution is 2.38. The van der Waals surface area contributed by atoms with Crippen molar-refractivity contribution in [2.24, 2.45) is 0 Å². The number of morpholine rings is 1. The molecule has 2 aromatic rings. The highest BCUT2D eigenvalue weighted by Gasteiger charge is 2.23. The van der Waals surface area contributed by atoms with Crippen LogP contribution < -0.4 is 19.5 Å². The largest absolute Gasteiger partial charge is 0.493 e. The topological polar surface area (TPSA) is 69.3 Å². The molecule has 0 spiro atoms. The van der Waals surface area contributed by atoms with Gasteiger partial charge in [0.2, 0.25) is 11.7 Å². The smallest absolute Gasteiger partial charge is 0.220 e. The molecule has 0 aliphatic carbocycles. The first-order valence-corrected chi connectivity index (χ1v) is 10.7. The number of hydrogen-bond acceptors (Lipinski definition) is 6. The van der Waals surface area contributed by atoms with Gasteiger partial charge in [0.15, 0.2) is 11.5 Å². The second-order valence-corrected chi connectivity index (χ2v) is 7.55. The predicted octanol–water partition coefficient (Wildman–Crippen LogP) is 2.97. The SMILES string of the molecule is COc1cc(CCC(=O)NCC(c2ccc(F)cc2)N2CCOCC2)cc(OC)c1OC. The fourth-order valence-corrected chi connectivity index (χ4v) is 3.87. The molecule has 0 saturated carbocycles. The number of nitrogens with one attached hydrogen (secondary N) is 1. The maximum atomic E-state index is 13.4. The third-order valence-electron chi connectivity index (χ3n) is 5.60. The van der Waals surface area contributed by atoms with Gasteiger partial charge in [-0.15, -0.1) is 0 Å². The Kier molecular flexibility index (Phi) is 8.70. The number of ether oxygens (including phenoxy) is 4. The fraction of sp³-hybridized carbons (Fsp3) is 0.458. The molecule has 1 aliphatic rings. The van der Waals surface area contributed by atoms with E-state index in [0.717, 1.165) is 24.2 Å². The lowest BCUT2D eigenvalue weighted by Crippen LogP contribution is -2.43. The summed E-state index contributed by atoms with van der Waals surface area (Å²) in [5.74, 6) is 1.32. The van der Waals surface area contributed by atoms with Crippen LogP contribution in [0.25, 0.3) is 0 Å². The second kappa shape index (κ2) is 11.7. The molecule has 1 saturated heterocycles. The van der Waals surface area contributed by atoms with Gasteiger partial charge in [0, 0.05) is 26.1 Å². The van der Waals surface area contributed by atoms with Crippen LogP contribution in [0.3, 0.4) is 0 Å². The van der Waals surface area contributed by atoms with Crippen molar-refractivity contribution in [3.8, 4) is 17.2 Å². The quantitative estimate of drug-likeness (QED) is 0.605. The summed E-state index contributed by atoms with van der Waals surface area (Å²) in [6.07, 6.45) is 0.846. The van der Waals surface area contributed by atoms with Gasteiger partial charge in [0.25, 0.3) is 0 Å². The van der Waals surface area contributed by atoms with Crippen LogP contribution in [-0.4, -0.2) is 65.0 Å². The van der Waals surface area contributed by atoms with E-state index in [0.29, 0.717) is 49.8 Å². The van der Waals surface area contributed by atoms with Gasteiger partial charge in [-0.25, -0.2) is 4.39 Å². The Morgan fingerprint density at radius 1 is 1.06 bits per heavy atom. The number of benzene rings is 2. The molecule has 1 N–H and O–H groups in total. The predicted molar refractivity (Wildman–Crippen MR) is 119 cm³/mol. The summed E-state index contributed by atoms with van der Waals surface area (Å²) in [4.78, 5) is 14.9. The molecule has 0 radical (unpaired) electrons. The molecule has 0 aromatic heterocycles. The normalized spacial score (nSPS) is 15.1. The standard InChI is InChI=1S/C24H31FN2O5/c1-29-21-14-17(15-22(30-2)24(21)31-3)4-9-23(28)26-16-20(27-10-12-32-13-11-27)18-5-7-19(25)8-6-18/h5-8,14-15,20H,4,9-13,16H2,1-3H3,(H,26,28). The molecule has 2 aromatic carbocycles. The molecule has 0 bridgehead atoms. The molecular weight excluding hydrogens is 415 g/mol. The van der Waals surface area contributed by atoms with E-state index < -0.39 is 0 Å². The molecule has 1 heterocycles. The molecule has 32 heavy (non-hydrogen) atoms. The Morgan fingerprint density at radius 2 is 1.69 bits per heavy atom. The van der Waals surface area contributed by atoms with Crippen LogP contribution in [0, 0.1) is 5.82 Å². The first-order chi connectivity index (χ1) is 15.5. The van der Waals surface area contributed by atoms with Gasteiger partial charge in [-0.05, 0) is 41.8 Å². The highest BCUT2D eigenvalue weighted by molar-refractivity contribution is 5.76. The van der Waals surface area contributed by atoms with E-state index in [1.807, 2.05) is 12.1 Å². The summed E-state index contributed by atoms with van der Waals surface area (Å²) in [7, 11) is 4.68. The maximum absolute atomic E-state index is 13.4. The summed E-state index contributed by atoms with van der Waals surface area (Å²) in [6.45, 7) is 3.27. The van der Waals surface area contributed by atoms with Crippen LogP contribution in [0.1, 0.15) is 23.6 Å². The second-order valence-electron chi connectivity index (χ2n) is 7.55. The molecule has 3 rings (SSSR count). The third kappa shape index (κ3) is 6.11. The third-order valence-corrected chi connectivity index (χ3v) is 5.60. The number of halogens is 1. The summed E-state index contributed by atoms with van der Waals surface area (Å²) in [6, 6.07) is 10.1. The minimum Gasteiger partial charge on any atom is -0.493 e. The lowest BCUT2D eigenvalue weighted by molar-refractivity contribution is -0.121. The Bertz CT molecular complexity index is 859. The maximum Gasteiger partial charge on any atom is 0.220 e. The van der Waals surface area contributed by atoms with Crippen molar-refractivity contribution in [2.75, 3.05) is 54.2 Å². The zero-order valence-corrected chi connectivity index (χ0v) is 18.9. The molecular formula is C24H31FN2O5. The number of amides is 1. The van der Waals surface area contributed by atoms with E-state index in [9.17, 15) is 9.18 Å². The summed E-state index contributed by atoms with van der Waals surface area (Å²) >= 11 is 0. The number of methoxy groups -OCH3 is 3. The van der Waals surface area contributed by atoms with Crippen molar-refractivity contribution < 1.29 is 28.1 Å². The van der Waals surface area contributed by atoms with Crippen LogP contribution >= 0.6 is 0 Å². The van der Waals surface area contributed by atoms with Gasteiger partial charge in [-0.3, -0.25) is 9.69 Å². The summed E-state index contributed by atoms with van der Waals surface area (Å²) in [5.41, 5.74) is 1.89. The Balaban J connectivity index is 1.62. The van der Waals surface area contributed by atoms with E-state index >= 15 is 0 Å². The van der Waals surface area contributed by atoms with Crippen molar-refractivity contribution in [2.45, 2.75) is 18.9 Å². The molecule has 1 atom stereocenters. The molecule has 1 fully saturated rings.